The van der Waals surface area contributed by atoms with Gasteiger partial charge in [0, 0.05) is 5.92 Å². The van der Waals surface area contributed by atoms with Gasteiger partial charge in [-0.3, -0.25) is 4.79 Å². The molecule has 1 aliphatic rings. The van der Waals surface area contributed by atoms with Crippen LogP contribution < -0.4 is 10.1 Å². The maximum Gasteiger partial charge on any atom is 0.270 e. The minimum atomic E-state index is -0.509. The molecule has 1 aromatic carbocycles. The SMILES string of the molecule is O=C(COc1ccccc1F)Nc1ccsc1-c1nc(C2CC2)no1. The average molecular weight is 359 g/mol. The standard InChI is InChI=1S/C17H14FN3O3S/c18-11-3-1-2-4-13(11)23-9-14(22)19-12-7-8-25-15(12)17-20-16(21-24-17)10-5-6-10/h1-4,7-8,10H,5-6,9H2,(H,19,22). The number of nitrogens with zero attached hydrogens (tertiary/aromatic N) is 2. The molecular formula is C17H14FN3O3S. The second-order valence-electron chi connectivity index (χ2n) is 5.66. The van der Waals surface area contributed by atoms with Gasteiger partial charge in [-0.25, -0.2) is 4.39 Å². The van der Waals surface area contributed by atoms with E-state index in [1.807, 2.05) is 5.38 Å². The van der Waals surface area contributed by atoms with Gasteiger partial charge >= 0.3 is 0 Å². The first kappa shape index (κ1) is 15.8. The van der Waals surface area contributed by atoms with Gasteiger partial charge in [-0.05, 0) is 36.4 Å². The predicted octanol–water partition coefficient (Wildman–Crippen LogP) is 3.83. The zero-order chi connectivity index (χ0) is 17.2. The highest BCUT2D eigenvalue weighted by Crippen LogP contribution is 2.40. The highest BCUT2D eigenvalue weighted by atomic mass is 32.1. The molecule has 0 unspecified atom stereocenters. The van der Waals surface area contributed by atoms with Crippen molar-refractivity contribution in [2.24, 2.45) is 0 Å². The molecule has 0 aliphatic heterocycles. The maximum atomic E-state index is 13.5. The first-order valence-corrected chi connectivity index (χ1v) is 8.67. The van der Waals surface area contributed by atoms with E-state index in [2.05, 4.69) is 15.5 Å². The van der Waals surface area contributed by atoms with Gasteiger partial charge in [0.2, 0.25) is 0 Å². The lowest BCUT2D eigenvalue weighted by molar-refractivity contribution is -0.118. The third kappa shape index (κ3) is 3.53. The molecule has 0 bridgehead atoms. The smallest absolute Gasteiger partial charge is 0.270 e. The van der Waals surface area contributed by atoms with Crippen molar-refractivity contribution in [1.29, 1.82) is 0 Å². The topological polar surface area (TPSA) is 77.2 Å². The van der Waals surface area contributed by atoms with E-state index in [0.717, 1.165) is 12.8 Å². The summed E-state index contributed by atoms with van der Waals surface area (Å²) in [5.74, 6) is 0.624. The Labute approximate surface area is 146 Å². The summed E-state index contributed by atoms with van der Waals surface area (Å²) in [6, 6.07) is 7.69. The summed E-state index contributed by atoms with van der Waals surface area (Å²) in [5.41, 5.74) is 0.568. The number of anilines is 1. The molecule has 1 aliphatic carbocycles. The van der Waals surface area contributed by atoms with E-state index in [-0.39, 0.29) is 12.4 Å². The summed E-state index contributed by atoms with van der Waals surface area (Å²) < 4.78 is 24.0. The number of aromatic nitrogens is 2. The molecule has 25 heavy (non-hydrogen) atoms. The van der Waals surface area contributed by atoms with E-state index in [4.69, 9.17) is 9.26 Å². The Morgan fingerprint density at radius 1 is 1.36 bits per heavy atom. The Balaban J connectivity index is 1.41. The number of hydrogen-bond acceptors (Lipinski definition) is 6. The van der Waals surface area contributed by atoms with Crippen molar-refractivity contribution >= 4 is 22.9 Å². The van der Waals surface area contributed by atoms with Crippen LogP contribution in [0.5, 0.6) is 5.75 Å². The van der Waals surface area contributed by atoms with Gasteiger partial charge in [-0.1, -0.05) is 17.3 Å². The van der Waals surface area contributed by atoms with Gasteiger partial charge in [0.15, 0.2) is 24.0 Å². The average Bonchev–Trinajstić information content (AvgIpc) is 3.16. The Bertz CT molecular complexity index is 904. The quantitative estimate of drug-likeness (QED) is 0.724. The normalized spacial score (nSPS) is 13.6. The second-order valence-corrected chi connectivity index (χ2v) is 6.58. The molecule has 1 saturated carbocycles. The zero-order valence-electron chi connectivity index (χ0n) is 13.1. The number of nitrogens with one attached hydrogen (secondary N) is 1. The molecule has 3 aromatic rings. The minimum Gasteiger partial charge on any atom is -0.481 e. The van der Waals surface area contributed by atoms with Crippen LogP contribution in [0.2, 0.25) is 0 Å². The van der Waals surface area contributed by atoms with E-state index in [1.165, 1.54) is 23.5 Å². The number of amides is 1. The van der Waals surface area contributed by atoms with Crippen molar-refractivity contribution in [3.8, 4) is 16.5 Å². The molecule has 128 valence electrons. The van der Waals surface area contributed by atoms with Gasteiger partial charge in [0.05, 0.1) is 5.69 Å². The highest BCUT2D eigenvalue weighted by Gasteiger charge is 2.29. The van der Waals surface area contributed by atoms with E-state index in [1.54, 1.807) is 18.2 Å². The van der Waals surface area contributed by atoms with Crippen LogP contribution in [-0.4, -0.2) is 22.7 Å². The highest BCUT2D eigenvalue weighted by molar-refractivity contribution is 7.14. The van der Waals surface area contributed by atoms with Gasteiger partial charge in [0.1, 0.15) is 4.88 Å². The second kappa shape index (κ2) is 6.64. The number of para-hydroxylation sites is 1. The van der Waals surface area contributed by atoms with Crippen molar-refractivity contribution in [2.75, 3.05) is 11.9 Å². The van der Waals surface area contributed by atoms with Crippen molar-refractivity contribution < 1.29 is 18.4 Å². The molecule has 1 amide bonds. The summed E-state index contributed by atoms with van der Waals surface area (Å²) >= 11 is 1.40. The van der Waals surface area contributed by atoms with Crippen LogP contribution in [0.15, 0.2) is 40.2 Å². The molecule has 2 heterocycles. The number of hydrogen-bond donors (Lipinski definition) is 1. The monoisotopic (exact) mass is 359 g/mol. The third-order valence-electron chi connectivity index (χ3n) is 3.71. The van der Waals surface area contributed by atoms with Crippen molar-refractivity contribution in [3.05, 3.63) is 47.4 Å². The first-order valence-electron chi connectivity index (χ1n) is 7.79. The van der Waals surface area contributed by atoms with Gasteiger partial charge < -0.3 is 14.6 Å². The number of rotatable bonds is 6. The van der Waals surface area contributed by atoms with Crippen molar-refractivity contribution in [2.45, 2.75) is 18.8 Å². The molecule has 6 nitrogen and oxygen atoms in total. The number of carbonyl (C=O) groups is 1. The molecule has 0 radical (unpaired) electrons. The fraction of sp³-hybridized carbons (Fsp3) is 0.235. The van der Waals surface area contributed by atoms with Crippen LogP contribution in [0.1, 0.15) is 24.6 Å². The summed E-state index contributed by atoms with van der Waals surface area (Å²) in [6.07, 6.45) is 2.17. The first-order chi connectivity index (χ1) is 12.2. The van der Waals surface area contributed by atoms with Gasteiger partial charge in [-0.15, -0.1) is 11.3 Å². The number of halogens is 1. The number of benzene rings is 1. The molecule has 1 fully saturated rings. The molecule has 8 heteroatoms. The van der Waals surface area contributed by atoms with Crippen LogP contribution in [0.4, 0.5) is 10.1 Å². The molecule has 2 aromatic heterocycles. The lowest BCUT2D eigenvalue weighted by Gasteiger charge is -2.07. The maximum absolute atomic E-state index is 13.5. The predicted molar refractivity (Wildman–Crippen MR) is 90.1 cm³/mol. The van der Waals surface area contributed by atoms with Crippen LogP contribution in [0.25, 0.3) is 10.8 Å². The Morgan fingerprint density at radius 3 is 3.00 bits per heavy atom. The number of thiophene rings is 1. The molecule has 0 spiro atoms. The van der Waals surface area contributed by atoms with E-state index < -0.39 is 11.7 Å². The van der Waals surface area contributed by atoms with Crippen LogP contribution in [0, 0.1) is 5.82 Å². The third-order valence-corrected chi connectivity index (χ3v) is 4.62. The van der Waals surface area contributed by atoms with Crippen LogP contribution >= 0.6 is 11.3 Å². The van der Waals surface area contributed by atoms with Gasteiger partial charge in [-0.2, -0.15) is 4.98 Å². The number of carbonyl (C=O) groups excluding carboxylic acids is 1. The molecule has 1 N–H and O–H groups in total. The Hall–Kier alpha value is -2.74. The summed E-state index contributed by atoms with van der Waals surface area (Å²) in [6.45, 7) is -0.298. The lowest BCUT2D eigenvalue weighted by atomic mass is 10.3. The largest absolute Gasteiger partial charge is 0.481 e. The van der Waals surface area contributed by atoms with Crippen LogP contribution in [0.3, 0.4) is 0 Å². The number of ether oxygens (including phenoxy) is 1. The summed E-state index contributed by atoms with van der Waals surface area (Å²) in [7, 11) is 0. The van der Waals surface area contributed by atoms with Gasteiger partial charge in [0.25, 0.3) is 11.8 Å². The Morgan fingerprint density at radius 2 is 2.20 bits per heavy atom. The van der Waals surface area contributed by atoms with E-state index >= 15 is 0 Å². The summed E-state index contributed by atoms with van der Waals surface area (Å²) in [4.78, 5) is 17.2. The fourth-order valence-corrected chi connectivity index (χ4v) is 3.07. The van der Waals surface area contributed by atoms with Crippen molar-refractivity contribution in [3.63, 3.8) is 0 Å². The van der Waals surface area contributed by atoms with Crippen molar-refractivity contribution in [1.82, 2.24) is 10.1 Å². The summed E-state index contributed by atoms with van der Waals surface area (Å²) in [5, 5.41) is 8.53. The molecule has 4 rings (SSSR count). The minimum absolute atomic E-state index is 0.0363. The van der Waals surface area contributed by atoms with E-state index in [9.17, 15) is 9.18 Å². The lowest BCUT2D eigenvalue weighted by Crippen LogP contribution is -2.20. The zero-order valence-corrected chi connectivity index (χ0v) is 13.9. The molecular weight excluding hydrogens is 345 g/mol. The fourth-order valence-electron chi connectivity index (χ4n) is 2.30. The Kier molecular flexibility index (Phi) is 4.19. The van der Waals surface area contributed by atoms with E-state index in [0.29, 0.717) is 28.2 Å². The molecule has 0 atom stereocenters. The molecule has 0 saturated heterocycles. The van der Waals surface area contributed by atoms with Crippen LogP contribution in [-0.2, 0) is 4.79 Å².